The summed E-state index contributed by atoms with van der Waals surface area (Å²) in [7, 11) is 0. The van der Waals surface area contributed by atoms with Crippen LogP contribution in [0.25, 0.3) is 0 Å². The van der Waals surface area contributed by atoms with Crippen molar-refractivity contribution < 1.29 is 9.59 Å². The maximum atomic E-state index is 12.2. The van der Waals surface area contributed by atoms with Crippen molar-refractivity contribution in [3.05, 3.63) is 60.2 Å². The van der Waals surface area contributed by atoms with Crippen molar-refractivity contribution in [1.29, 1.82) is 0 Å². The molecule has 0 unspecified atom stereocenters. The normalized spacial score (nSPS) is 14.2. The van der Waals surface area contributed by atoms with Gasteiger partial charge >= 0.3 is 0 Å². The number of piperazine rings is 1. The van der Waals surface area contributed by atoms with Gasteiger partial charge < -0.3 is 15.1 Å². The first-order valence-corrected chi connectivity index (χ1v) is 9.98. The lowest BCUT2D eigenvalue weighted by molar-refractivity contribution is -0.132. The summed E-state index contributed by atoms with van der Waals surface area (Å²) in [6.07, 6.45) is 0.992. The lowest BCUT2D eigenvalue weighted by Gasteiger charge is -2.36. The van der Waals surface area contributed by atoms with Gasteiger partial charge in [0.25, 0.3) is 0 Å². The highest BCUT2D eigenvalue weighted by atomic mass is 16.2. The summed E-state index contributed by atoms with van der Waals surface area (Å²) in [6.45, 7) is 7.36. The van der Waals surface area contributed by atoms with E-state index >= 15 is 0 Å². The summed E-state index contributed by atoms with van der Waals surface area (Å²) < 4.78 is 0. The predicted octanol–water partition coefficient (Wildman–Crippen LogP) is 3.56. The number of carbonyl (C=O) groups is 2. The number of hydrogen-bond acceptors (Lipinski definition) is 3. The standard InChI is InChI=1S/C23H29N3O2/c1-18(2)16-23(28)26-14-12-25(13-15-26)21-10-8-20(9-11-21)24-22(27)17-19-6-4-3-5-7-19/h3-11,18H,12-17H2,1-2H3,(H,24,27). The van der Waals surface area contributed by atoms with Gasteiger partial charge in [0.15, 0.2) is 0 Å². The second kappa shape index (κ2) is 9.40. The van der Waals surface area contributed by atoms with Crippen LogP contribution < -0.4 is 10.2 Å². The molecule has 148 valence electrons. The molecule has 0 spiro atoms. The number of carbonyl (C=O) groups excluding carboxylic acids is 2. The topological polar surface area (TPSA) is 52.7 Å². The van der Waals surface area contributed by atoms with Crippen LogP contribution in [0.2, 0.25) is 0 Å². The SMILES string of the molecule is CC(C)CC(=O)N1CCN(c2ccc(NC(=O)Cc3ccccc3)cc2)CC1. The van der Waals surface area contributed by atoms with E-state index in [1.807, 2.05) is 59.5 Å². The summed E-state index contributed by atoms with van der Waals surface area (Å²) in [6, 6.07) is 17.7. The molecule has 1 fully saturated rings. The molecule has 1 aliphatic heterocycles. The van der Waals surface area contributed by atoms with Crippen LogP contribution >= 0.6 is 0 Å². The Kier molecular flexibility index (Phi) is 6.69. The fourth-order valence-electron chi connectivity index (χ4n) is 3.43. The first-order valence-electron chi connectivity index (χ1n) is 9.98. The van der Waals surface area contributed by atoms with Crippen LogP contribution in [0.15, 0.2) is 54.6 Å². The molecule has 28 heavy (non-hydrogen) atoms. The van der Waals surface area contributed by atoms with Crippen molar-refractivity contribution in [3.63, 3.8) is 0 Å². The molecule has 5 heteroatoms. The number of rotatable bonds is 6. The molecular weight excluding hydrogens is 350 g/mol. The molecule has 1 heterocycles. The van der Waals surface area contributed by atoms with Crippen LogP contribution in [0.5, 0.6) is 0 Å². The Hall–Kier alpha value is -2.82. The smallest absolute Gasteiger partial charge is 0.228 e. The highest BCUT2D eigenvalue weighted by molar-refractivity contribution is 5.92. The number of anilines is 2. The van der Waals surface area contributed by atoms with Crippen LogP contribution in [0.1, 0.15) is 25.8 Å². The van der Waals surface area contributed by atoms with Gasteiger partial charge in [-0.15, -0.1) is 0 Å². The molecule has 0 aliphatic carbocycles. The Morgan fingerprint density at radius 3 is 2.18 bits per heavy atom. The van der Waals surface area contributed by atoms with E-state index in [0.29, 0.717) is 18.8 Å². The van der Waals surface area contributed by atoms with Gasteiger partial charge in [0.1, 0.15) is 0 Å². The van der Waals surface area contributed by atoms with E-state index in [1.165, 1.54) is 0 Å². The third-order valence-corrected chi connectivity index (χ3v) is 4.94. The average molecular weight is 380 g/mol. The maximum absolute atomic E-state index is 12.2. The summed E-state index contributed by atoms with van der Waals surface area (Å²) in [5.41, 5.74) is 2.92. The molecule has 0 saturated carbocycles. The number of nitrogens with zero attached hydrogens (tertiary/aromatic N) is 2. The van der Waals surface area contributed by atoms with Gasteiger partial charge in [0.2, 0.25) is 11.8 Å². The zero-order valence-corrected chi connectivity index (χ0v) is 16.7. The Balaban J connectivity index is 1.49. The van der Waals surface area contributed by atoms with Crippen molar-refractivity contribution in [2.75, 3.05) is 36.4 Å². The molecule has 2 aromatic carbocycles. The summed E-state index contributed by atoms with van der Waals surface area (Å²) in [5, 5.41) is 2.95. The van der Waals surface area contributed by atoms with E-state index in [2.05, 4.69) is 24.1 Å². The molecule has 2 aromatic rings. The van der Waals surface area contributed by atoms with Gasteiger partial charge in [0, 0.05) is 44.0 Å². The zero-order chi connectivity index (χ0) is 19.9. The Morgan fingerprint density at radius 1 is 0.929 bits per heavy atom. The number of amides is 2. The van der Waals surface area contributed by atoms with Crippen molar-refractivity contribution >= 4 is 23.2 Å². The predicted molar refractivity (Wildman–Crippen MR) is 113 cm³/mol. The van der Waals surface area contributed by atoms with E-state index in [0.717, 1.165) is 43.1 Å². The minimum absolute atomic E-state index is 0.0174. The van der Waals surface area contributed by atoms with Crippen molar-refractivity contribution in [2.45, 2.75) is 26.7 Å². The summed E-state index contributed by atoms with van der Waals surface area (Å²) in [5.74, 6) is 0.637. The average Bonchev–Trinajstić information content (AvgIpc) is 2.69. The largest absolute Gasteiger partial charge is 0.368 e. The van der Waals surface area contributed by atoms with Crippen molar-refractivity contribution in [1.82, 2.24) is 4.90 Å². The fraction of sp³-hybridized carbons (Fsp3) is 0.391. The van der Waals surface area contributed by atoms with Crippen LogP contribution in [-0.4, -0.2) is 42.9 Å². The third kappa shape index (κ3) is 5.59. The van der Waals surface area contributed by atoms with E-state index < -0.39 is 0 Å². The van der Waals surface area contributed by atoms with Gasteiger partial charge in [-0.3, -0.25) is 9.59 Å². The molecule has 5 nitrogen and oxygen atoms in total. The summed E-state index contributed by atoms with van der Waals surface area (Å²) in [4.78, 5) is 28.6. The van der Waals surface area contributed by atoms with Crippen LogP contribution in [-0.2, 0) is 16.0 Å². The zero-order valence-electron chi connectivity index (χ0n) is 16.7. The van der Waals surface area contributed by atoms with Gasteiger partial charge in [-0.1, -0.05) is 44.2 Å². The van der Waals surface area contributed by atoms with E-state index in [1.54, 1.807) is 0 Å². The lowest BCUT2D eigenvalue weighted by Crippen LogP contribution is -2.49. The maximum Gasteiger partial charge on any atom is 0.228 e. The Bertz CT molecular complexity index is 779. The number of benzene rings is 2. The van der Waals surface area contributed by atoms with Gasteiger partial charge in [-0.2, -0.15) is 0 Å². The molecule has 0 bridgehead atoms. The van der Waals surface area contributed by atoms with Gasteiger partial charge in [0.05, 0.1) is 6.42 Å². The molecule has 2 amide bonds. The lowest BCUT2D eigenvalue weighted by atomic mass is 10.1. The second-order valence-electron chi connectivity index (χ2n) is 7.72. The molecular formula is C23H29N3O2. The van der Waals surface area contributed by atoms with Crippen molar-refractivity contribution in [2.24, 2.45) is 5.92 Å². The molecule has 0 aromatic heterocycles. The van der Waals surface area contributed by atoms with Crippen LogP contribution in [0.4, 0.5) is 11.4 Å². The van der Waals surface area contributed by atoms with Crippen LogP contribution in [0.3, 0.4) is 0 Å². The number of hydrogen-bond donors (Lipinski definition) is 1. The quantitative estimate of drug-likeness (QED) is 0.835. The molecule has 0 radical (unpaired) electrons. The van der Waals surface area contributed by atoms with E-state index in [4.69, 9.17) is 0 Å². The Morgan fingerprint density at radius 2 is 1.57 bits per heavy atom. The highest BCUT2D eigenvalue weighted by Crippen LogP contribution is 2.20. The molecule has 1 aliphatic rings. The molecule has 3 rings (SSSR count). The van der Waals surface area contributed by atoms with Gasteiger partial charge in [-0.05, 0) is 35.7 Å². The third-order valence-electron chi connectivity index (χ3n) is 4.94. The van der Waals surface area contributed by atoms with Crippen LogP contribution in [0, 0.1) is 5.92 Å². The van der Waals surface area contributed by atoms with Crippen molar-refractivity contribution in [3.8, 4) is 0 Å². The van der Waals surface area contributed by atoms with Gasteiger partial charge in [-0.25, -0.2) is 0 Å². The summed E-state index contributed by atoms with van der Waals surface area (Å²) >= 11 is 0. The first-order chi connectivity index (χ1) is 13.5. The molecule has 1 saturated heterocycles. The fourth-order valence-corrected chi connectivity index (χ4v) is 3.43. The monoisotopic (exact) mass is 379 g/mol. The molecule has 1 N–H and O–H groups in total. The first kappa shape index (κ1) is 19.9. The highest BCUT2D eigenvalue weighted by Gasteiger charge is 2.21. The Labute approximate surface area is 167 Å². The molecule has 0 atom stereocenters. The second-order valence-corrected chi connectivity index (χ2v) is 7.72. The number of nitrogens with one attached hydrogen (secondary N) is 1. The minimum atomic E-state index is -0.0174. The minimum Gasteiger partial charge on any atom is -0.368 e. The van der Waals surface area contributed by atoms with E-state index in [9.17, 15) is 9.59 Å². The van der Waals surface area contributed by atoms with E-state index in [-0.39, 0.29) is 11.8 Å².